The number of carbonyl (C=O) groups is 1. The lowest BCUT2D eigenvalue weighted by Crippen LogP contribution is -2.35. The highest BCUT2D eigenvalue weighted by atomic mass is 35.5. The first-order chi connectivity index (χ1) is 13.6. The molecule has 3 heterocycles. The standard InChI is InChI=1S/C19H19ClN4O3S/c1-12-16(17(23-27-12)14-4-2-3-5-15(14)20)18(25)22-19-21-13(11-28-19)10-24-6-8-26-9-7-24/h2-5,11H,6-10H2,1H3,(H,21,22,25). The SMILES string of the molecule is Cc1onc(-c2ccccc2Cl)c1C(=O)Nc1nc(CN2CCOCC2)cs1. The Morgan fingerprint density at radius 2 is 2.11 bits per heavy atom. The minimum atomic E-state index is -0.319. The third-order valence-electron chi connectivity index (χ3n) is 4.48. The van der Waals surface area contributed by atoms with Crippen molar-refractivity contribution in [1.29, 1.82) is 0 Å². The number of hydrogen-bond donors (Lipinski definition) is 1. The van der Waals surface area contributed by atoms with E-state index in [4.69, 9.17) is 20.9 Å². The number of nitrogens with one attached hydrogen (secondary N) is 1. The summed E-state index contributed by atoms with van der Waals surface area (Å²) in [6, 6.07) is 7.22. The second-order valence-corrected chi connectivity index (χ2v) is 7.69. The molecule has 146 valence electrons. The molecule has 2 aromatic heterocycles. The molecule has 3 aromatic rings. The molecule has 9 heteroatoms. The van der Waals surface area contributed by atoms with E-state index in [0.717, 1.165) is 38.5 Å². The second kappa shape index (κ2) is 8.40. The molecule has 1 fully saturated rings. The minimum absolute atomic E-state index is 0.319. The molecular weight excluding hydrogens is 400 g/mol. The molecule has 1 aliphatic heterocycles. The Kier molecular flexibility index (Phi) is 5.72. The van der Waals surface area contributed by atoms with Crippen molar-refractivity contribution in [3.8, 4) is 11.3 Å². The Balaban J connectivity index is 1.50. The van der Waals surface area contributed by atoms with Gasteiger partial charge in [-0.15, -0.1) is 11.3 Å². The number of morpholine rings is 1. The van der Waals surface area contributed by atoms with Gasteiger partial charge in [-0.1, -0.05) is 35.0 Å². The summed E-state index contributed by atoms with van der Waals surface area (Å²) in [4.78, 5) is 19.7. The summed E-state index contributed by atoms with van der Waals surface area (Å²) in [5, 5.41) is 9.90. The zero-order valence-electron chi connectivity index (χ0n) is 15.3. The average Bonchev–Trinajstić information content (AvgIpc) is 3.29. The Bertz CT molecular complexity index is 981. The number of anilines is 1. The van der Waals surface area contributed by atoms with Crippen LogP contribution >= 0.6 is 22.9 Å². The number of amides is 1. The van der Waals surface area contributed by atoms with E-state index in [1.54, 1.807) is 19.1 Å². The fourth-order valence-electron chi connectivity index (χ4n) is 3.06. The average molecular weight is 419 g/mol. The van der Waals surface area contributed by atoms with Crippen molar-refractivity contribution in [1.82, 2.24) is 15.0 Å². The molecule has 0 spiro atoms. The largest absolute Gasteiger partial charge is 0.379 e. The number of ether oxygens (including phenoxy) is 1. The number of benzene rings is 1. The molecule has 1 amide bonds. The van der Waals surface area contributed by atoms with Crippen LogP contribution in [0.15, 0.2) is 34.2 Å². The van der Waals surface area contributed by atoms with Crippen LogP contribution in [-0.2, 0) is 11.3 Å². The molecule has 0 radical (unpaired) electrons. The van der Waals surface area contributed by atoms with Gasteiger partial charge in [0, 0.05) is 30.6 Å². The number of rotatable bonds is 5. The van der Waals surface area contributed by atoms with Gasteiger partial charge in [-0.2, -0.15) is 0 Å². The van der Waals surface area contributed by atoms with Crippen LogP contribution in [0.1, 0.15) is 21.8 Å². The van der Waals surface area contributed by atoms with E-state index in [-0.39, 0.29) is 5.91 Å². The van der Waals surface area contributed by atoms with Crippen LogP contribution in [-0.4, -0.2) is 47.3 Å². The lowest BCUT2D eigenvalue weighted by Gasteiger charge is -2.25. The molecule has 1 saturated heterocycles. The maximum Gasteiger partial charge on any atom is 0.263 e. The lowest BCUT2D eigenvalue weighted by molar-refractivity contribution is 0.0337. The van der Waals surface area contributed by atoms with Crippen LogP contribution in [0, 0.1) is 6.92 Å². The van der Waals surface area contributed by atoms with E-state index in [9.17, 15) is 4.79 Å². The van der Waals surface area contributed by atoms with Gasteiger partial charge < -0.3 is 9.26 Å². The van der Waals surface area contributed by atoms with Gasteiger partial charge in [-0.05, 0) is 13.0 Å². The number of nitrogens with zero attached hydrogens (tertiary/aromatic N) is 3. The molecule has 4 rings (SSSR count). The minimum Gasteiger partial charge on any atom is -0.379 e. The molecule has 0 unspecified atom stereocenters. The number of aryl methyl sites for hydroxylation is 1. The van der Waals surface area contributed by atoms with Gasteiger partial charge in [-0.3, -0.25) is 15.0 Å². The lowest BCUT2D eigenvalue weighted by atomic mass is 10.1. The summed E-state index contributed by atoms with van der Waals surface area (Å²) in [6.45, 7) is 5.71. The quantitative estimate of drug-likeness (QED) is 0.678. The first-order valence-electron chi connectivity index (χ1n) is 8.89. The van der Waals surface area contributed by atoms with Gasteiger partial charge in [0.1, 0.15) is 17.0 Å². The van der Waals surface area contributed by atoms with Crippen molar-refractivity contribution < 1.29 is 14.1 Å². The van der Waals surface area contributed by atoms with Gasteiger partial charge >= 0.3 is 0 Å². The highest BCUT2D eigenvalue weighted by molar-refractivity contribution is 7.14. The van der Waals surface area contributed by atoms with Gasteiger partial charge in [0.2, 0.25) is 0 Å². The molecule has 0 saturated carbocycles. The molecule has 0 bridgehead atoms. The summed E-state index contributed by atoms with van der Waals surface area (Å²) in [5.74, 6) is 0.110. The first-order valence-corrected chi connectivity index (χ1v) is 10.1. The highest BCUT2D eigenvalue weighted by Gasteiger charge is 2.24. The Hall–Kier alpha value is -2.26. The van der Waals surface area contributed by atoms with Crippen LogP contribution in [0.25, 0.3) is 11.3 Å². The van der Waals surface area contributed by atoms with E-state index in [2.05, 4.69) is 20.4 Å². The zero-order valence-corrected chi connectivity index (χ0v) is 16.8. The van der Waals surface area contributed by atoms with E-state index in [1.165, 1.54) is 11.3 Å². The van der Waals surface area contributed by atoms with E-state index in [0.29, 0.717) is 32.7 Å². The summed E-state index contributed by atoms with van der Waals surface area (Å²) in [7, 11) is 0. The van der Waals surface area contributed by atoms with Crippen LogP contribution in [0.5, 0.6) is 0 Å². The summed E-state index contributed by atoms with van der Waals surface area (Å²) in [5.41, 5.74) is 2.36. The Labute approximate surface area is 171 Å². The summed E-state index contributed by atoms with van der Waals surface area (Å²) < 4.78 is 10.6. The van der Waals surface area contributed by atoms with Crippen LogP contribution in [0.2, 0.25) is 5.02 Å². The number of carbonyl (C=O) groups excluding carboxylic acids is 1. The topological polar surface area (TPSA) is 80.5 Å². The van der Waals surface area contributed by atoms with Crippen molar-refractivity contribution >= 4 is 34.0 Å². The predicted octanol–water partition coefficient (Wildman–Crippen LogP) is 3.84. The van der Waals surface area contributed by atoms with Crippen molar-refractivity contribution in [2.24, 2.45) is 0 Å². The third kappa shape index (κ3) is 4.10. The van der Waals surface area contributed by atoms with Gasteiger partial charge in [-0.25, -0.2) is 4.98 Å². The third-order valence-corrected chi connectivity index (χ3v) is 5.62. The number of aromatic nitrogens is 2. The van der Waals surface area contributed by atoms with Crippen LogP contribution < -0.4 is 5.32 Å². The highest BCUT2D eigenvalue weighted by Crippen LogP contribution is 2.31. The monoisotopic (exact) mass is 418 g/mol. The molecule has 0 aliphatic carbocycles. The Morgan fingerprint density at radius 1 is 1.32 bits per heavy atom. The molecule has 1 N–H and O–H groups in total. The summed E-state index contributed by atoms with van der Waals surface area (Å²) in [6.07, 6.45) is 0. The molecular formula is C19H19ClN4O3S. The van der Waals surface area contributed by atoms with Gasteiger partial charge in [0.15, 0.2) is 5.13 Å². The Morgan fingerprint density at radius 3 is 2.89 bits per heavy atom. The predicted molar refractivity (Wildman–Crippen MR) is 108 cm³/mol. The number of thiazole rings is 1. The molecule has 1 aromatic carbocycles. The summed E-state index contributed by atoms with van der Waals surface area (Å²) >= 11 is 7.66. The molecule has 28 heavy (non-hydrogen) atoms. The number of halogens is 1. The van der Waals surface area contributed by atoms with Crippen molar-refractivity contribution in [3.05, 3.63) is 51.7 Å². The molecule has 7 nitrogen and oxygen atoms in total. The van der Waals surface area contributed by atoms with Crippen molar-refractivity contribution in [2.75, 3.05) is 31.6 Å². The van der Waals surface area contributed by atoms with E-state index in [1.807, 2.05) is 17.5 Å². The van der Waals surface area contributed by atoms with E-state index < -0.39 is 0 Å². The maximum absolute atomic E-state index is 12.9. The molecule has 0 atom stereocenters. The van der Waals surface area contributed by atoms with E-state index >= 15 is 0 Å². The normalized spacial score (nSPS) is 14.9. The second-order valence-electron chi connectivity index (χ2n) is 6.43. The first kappa shape index (κ1) is 19.1. The fraction of sp³-hybridized carbons (Fsp3) is 0.316. The van der Waals surface area contributed by atoms with Crippen molar-refractivity contribution in [2.45, 2.75) is 13.5 Å². The smallest absolute Gasteiger partial charge is 0.263 e. The zero-order chi connectivity index (χ0) is 19.5. The van der Waals surface area contributed by atoms with Gasteiger partial charge in [0.25, 0.3) is 5.91 Å². The van der Waals surface area contributed by atoms with Crippen LogP contribution in [0.3, 0.4) is 0 Å². The van der Waals surface area contributed by atoms with Crippen LogP contribution in [0.4, 0.5) is 5.13 Å². The fourth-order valence-corrected chi connectivity index (χ4v) is 3.98. The maximum atomic E-state index is 12.9. The van der Waals surface area contributed by atoms with Crippen molar-refractivity contribution in [3.63, 3.8) is 0 Å². The number of hydrogen-bond acceptors (Lipinski definition) is 7. The van der Waals surface area contributed by atoms with Gasteiger partial charge in [0.05, 0.1) is 23.9 Å². The molecule has 1 aliphatic rings.